The Morgan fingerprint density at radius 3 is 3.00 bits per heavy atom. The van der Waals surface area contributed by atoms with Crippen molar-refractivity contribution >= 4 is 28.2 Å². The summed E-state index contributed by atoms with van der Waals surface area (Å²) in [5.41, 5.74) is 1.10. The SMILES string of the molecule is c1ccc(CCSc2nnc(NCc3ccco3)s2)nc1. The second-order valence-corrected chi connectivity index (χ2v) is 6.55. The summed E-state index contributed by atoms with van der Waals surface area (Å²) in [6, 6.07) is 9.77. The molecule has 0 aromatic carbocycles. The molecule has 0 unspecified atom stereocenters. The summed E-state index contributed by atoms with van der Waals surface area (Å²) in [4.78, 5) is 4.30. The van der Waals surface area contributed by atoms with Gasteiger partial charge < -0.3 is 9.73 Å². The third kappa shape index (κ3) is 4.30. The summed E-state index contributed by atoms with van der Waals surface area (Å²) in [5, 5.41) is 12.3. The predicted molar refractivity (Wildman–Crippen MR) is 84.6 cm³/mol. The van der Waals surface area contributed by atoms with Crippen molar-refractivity contribution < 1.29 is 4.42 Å². The maximum Gasteiger partial charge on any atom is 0.206 e. The van der Waals surface area contributed by atoms with Crippen LogP contribution in [0.5, 0.6) is 0 Å². The van der Waals surface area contributed by atoms with E-state index in [4.69, 9.17) is 4.42 Å². The fourth-order valence-corrected chi connectivity index (χ4v) is 3.48. The normalized spacial score (nSPS) is 10.7. The summed E-state index contributed by atoms with van der Waals surface area (Å²) in [6.07, 6.45) is 4.41. The second-order valence-electron chi connectivity index (χ2n) is 4.23. The molecule has 0 spiro atoms. The van der Waals surface area contributed by atoms with Crippen molar-refractivity contribution in [2.24, 2.45) is 0 Å². The van der Waals surface area contributed by atoms with Crippen LogP contribution in [0.3, 0.4) is 0 Å². The van der Waals surface area contributed by atoms with Crippen LogP contribution < -0.4 is 5.32 Å². The molecule has 3 aromatic heterocycles. The number of aryl methyl sites for hydroxylation is 1. The number of rotatable bonds is 7. The number of furan rings is 1. The standard InChI is InChI=1S/C14H14N4OS2/c1-2-7-15-11(4-1)6-9-20-14-18-17-13(21-14)16-10-12-5-3-8-19-12/h1-5,7-8H,6,9-10H2,(H,16,17). The molecule has 3 aromatic rings. The number of nitrogens with zero attached hydrogens (tertiary/aromatic N) is 3. The first-order valence-corrected chi connectivity index (χ1v) is 8.33. The van der Waals surface area contributed by atoms with Crippen LogP contribution in [0, 0.1) is 0 Å². The number of aromatic nitrogens is 3. The number of nitrogens with one attached hydrogen (secondary N) is 1. The van der Waals surface area contributed by atoms with Crippen LogP contribution in [0.15, 0.2) is 51.5 Å². The van der Waals surface area contributed by atoms with E-state index < -0.39 is 0 Å². The molecular weight excluding hydrogens is 304 g/mol. The molecule has 5 nitrogen and oxygen atoms in total. The van der Waals surface area contributed by atoms with E-state index in [0.29, 0.717) is 6.54 Å². The Hall–Kier alpha value is -1.86. The van der Waals surface area contributed by atoms with E-state index in [1.807, 2.05) is 36.5 Å². The summed E-state index contributed by atoms with van der Waals surface area (Å²) in [6.45, 7) is 0.625. The van der Waals surface area contributed by atoms with Gasteiger partial charge in [0.15, 0.2) is 4.34 Å². The van der Waals surface area contributed by atoms with Gasteiger partial charge in [0, 0.05) is 17.6 Å². The Morgan fingerprint density at radius 2 is 2.19 bits per heavy atom. The lowest BCUT2D eigenvalue weighted by atomic mass is 10.3. The Labute approximate surface area is 130 Å². The number of hydrogen-bond acceptors (Lipinski definition) is 7. The van der Waals surface area contributed by atoms with E-state index in [0.717, 1.165) is 33.1 Å². The van der Waals surface area contributed by atoms with Crippen LogP contribution in [-0.4, -0.2) is 20.9 Å². The van der Waals surface area contributed by atoms with Gasteiger partial charge in [-0.1, -0.05) is 29.2 Å². The summed E-state index contributed by atoms with van der Waals surface area (Å²) >= 11 is 3.26. The fraction of sp³-hybridized carbons (Fsp3) is 0.214. The van der Waals surface area contributed by atoms with Gasteiger partial charge in [-0.3, -0.25) is 4.98 Å². The maximum atomic E-state index is 5.26. The van der Waals surface area contributed by atoms with Crippen molar-refractivity contribution in [1.82, 2.24) is 15.2 Å². The molecule has 3 heterocycles. The zero-order valence-electron chi connectivity index (χ0n) is 11.2. The van der Waals surface area contributed by atoms with Crippen LogP contribution in [0.25, 0.3) is 0 Å². The molecule has 0 aliphatic carbocycles. The molecule has 0 bridgehead atoms. The molecule has 0 saturated heterocycles. The van der Waals surface area contributed by atoms with E-state index in [-0.39, 0.29) is 0 Å². The van der Waals surface area contributed by atoms with E-state index >= 15 is 0 Å². The number of anilines is 1. The van der Waals surface area contributed by atoms with Gasteiger partial charge in [-0.15, -0.1) is 10.2 Å². The summed E-state index contributed by atoms with van der Waals surface area (Å²) < 4.78 is 6.22. The van der Waals surface area contributed by atoms with E-state index in [1.165, 1.54) is 0 Å². The first-order chi connectivity index (χ1) is 10.4. The average molecular weight is 318 g/mol. The van der Waals surface area contributed by atoms with Crippen LogP contribution in [0.2, 0.25) is 0 Å². The quantitative estimate of drug-likeness (QED) is 0.673. The Morgan fingerprint density at radius 1 is 1.19 bits per heavy atom. The molecule has 0 aliphatic rings. The third-order valence-corrected chi connectivity index (χ3v) is 4.73. The van der Waals surface area contributed by atoms with Crippen molar-refractivity contribution in [3.63, 3.8) is 0 Å². The van der Waals surface area contributed by atoms with Crippen molar-refractivity contribution in [3.05, 3.63) is 54.2 Å². The highest BCUT2D eigenvalue weighted by molar-refractivity contribution is 8.01. The highest BCUT2D eigenvalue weighted by Gasteiger charge is 2.05. The minimum absolute atomic E-state index is 0.625. The second kappa shape index (κ2) is 7.24. The van der Waals surface area contributed by atoms with Gasteiger partial charge >= 0.3 is 0 Å². The largest absolute Gasteiger partial charge is 0.467 e. The topological polar surface area (TPSA) is 63.8 Å². The summed E-state index contributed by atoms with van der Waals surface area (Å²) in [7, 11) is 0. The van der Waals surface area contributed by atoms with Gasteiger partial charge in [0.2, 0.25) is 5.13 Å². The lowest BCUT2D eigenvalue weighted by Crippen LogP contribution is -1.96. The molecule has 108 valence electrons. The van der Waals surface area contributed by atoms with Crippen LogP contribution in [0.4, 0.5) is 5.13 Å². The van der Waals surface area contributed by atoms with Gasteiger partial charge in [-0.2, -0.15) is 0 Å². The van der Waals surface area contributed by atoms with E-state index in [2.05, 4.69) is 20.5 Å². The molecule has 0 aliphatic heterocycles. The van der Waals surface area contributed by atoms with Gasteiger partial charge in [0.25, 0.3) is 0 Å². The minimum Gasteiger partial charge on any atom is -0.467 e. The Kier molecular flexibility index (Phi) is 4.86. The molecule has 0 saturated carbocycles. The van der Waals surface area contributed by atoms with Crippen molar-refractivity contribution in [3.8, 4) is 0 Å². The van der Waals surface area contributed by atoms with Crippen LogP contribution in [0.1, 0.15) is 11.5 Å². The highest BCUT2D eigenvalue weighted by atomic mass is 32.2. The van der Waals surface area contributed by atoms with Crippen LogP contribution >= 0.6 is 23.1 Å². The Bertz CT molecular complexity index is 655. The zero-order valence-corrected chi connectivity index (χ0v) is 12.9. The number of thioether (sulfide) groups is 1. The molecule has 1 N–H and O–H groups in total. The molecule has 0 radical (unpaired) electrons. The van der Waals surface area contributed by atoms with Gasteiger partial charge in [-0.25, -0.2) is 0 Å². The fourth-order valence-electron chi connectivity index (χ4n) is 1.70. The smallest absolute Gasteiger partial charge is 0.206 e. The molecule has 0 atom stereocenters. The van der Waals surface area contributed by atoms with Gasteiger partial charge in [-0.05, 0) is 30.7 Å². The van der Waals surface area contributed by atoms with Crippen LogP contribution in [-0.2, 0) is 13.0 Å². The van der Waals surface area contributed by atoms with E-state index in [9.17, 15) is 0 Å². The number of hydrogen-bond donors (Lipinski definition) is 1. The summed E-state index contributed by atoms with van der Waals surface area (Å²) in [5.74, 6) is 1.83. The molecule has 0 amide bonds. The predicted octanol–water partition coefficient (Wildman–Crippen LogP) is 3.47. The molecule has 21 heavy (non-hydrogen) atoms. The number of pyridine rings is 1. The van der Waals surface area contributed by atoms with Gasteiger partial charge in [0.1, 0.15) is 5.76 Å². The van der Waals surface area contributed by atoms with Crippen molar-refractivity contribution in [2.75, 3.05) is 11.1 Å². The monoisotopic (exact) mass is 318 g/mol. The van der Waals surface area contributed by atoms with Crippen molar-refractivity contribution in [1.29, 1.82) is 0 Å². The lowest BCUT2D eigenvalue weighted by Gasteiger charge is -1.98. The first-order valence-electron chi connectivity index (χ1n) is 6.52. The first kappa shape index (κ1) is 14.1. The maximum absolute atomic E-state index is 5.26. The van der Waals surface area contributed by atoms with Gasteiger partial charge in [0.05, 0.1) is 12.8 Å². The van der Waals surface area contributed by atoms with Crippen molar-refractivity contribution in [2.45, 2.75) is 17.3 Å². The Balaban J connectivity index is 1.44. The average Bonchev–Trinajstić information content (AvgIpc) is 3.18. The highest BCUT2D eigenvalue weighted by Crippen LogP contribution is 2.26. The molecular formula is C14H14N4OS2. The molecule has 3 rings (SSSR count). The molecule has 7 heteroatoms. The lowest BCUT2D eigenvalue weighted by molar-refractivity contribution is 0.518. The third-order valence-electron chi connectivity index (χ3n) is 2.71. The molecule has 0 fully saturated rings. The van der Waals surface area contributed by atoms with E-state index in [1.54, 1.807) is 29.4 Å². The minimum atomic E-state index is 0.625. The zero-order chi connectivity index (χ0) is 14.3.